The molecule has 1 aliphatic carbocycles. The van der Waals surface area contributed by atoms with Crippen molar-refractivity contribution in [2.75, 3.05) is 18.9 Å². The normalized spacial score (nSPS) is 26.1. The Kier molecular flexibility index (Phi) is 3.96. The van der Waals surface area contributed by atoms with Crippen LogP contribution in [-0.4, -0.2) is 42.7 Å². The molecule has 4 N–H and O–H groups in total. The standard InChI is InChI=1S/C12H16N5O4P/c1-6-8(3-21-22(19)20)7(2-18)10(6)17-5-16-9-11(13)14-4-15-12(9)17/h4-5,7-8,10,18,22H,1-3H2,(H,19,20)(H2,13,14,15)/t7-,8+,10-/m1/s1. The molecule has 0 saturated heterocycles. The van der Waals surface area contributed by atoms with Crippen molar-refractivity contribution in [2.24, 2.45) is 11.8 Å². The average Bonchev–Trinajstić information content (AvgIpc) is 2.89. The van der Waals surface area contributed by atoms with Gasteiger partial charge in [0.25, 0.3) is 0 Å². The van der Waals surface area contributed by atoms with Gasteiger partial charge < -0.3 is 24.8 Å². The van der Waals surface area contributed by atoms with Crippen molar-refractivity contribution in [3.8, 4) is 0 Å². The highest BCUT2D eigenvalue weighted by atomic mass is 31.1. The van der Waals surface area contributed by atoms with Crippen LogP contribution < -0.4 is 5.73 Å². The Morgan fingerprint density at radius 2 is 2.23 bits per heavy atom. The van der Waals surface area contributed by atoms with Gasteiger partial charge in [-0.1, -0.05) is 6.58 Å². The second-order valence-corrected chi connectivity index (χ2v) is 5.95. The van der Waals surface area contributed by atoms with E-state index in [2.05, 4.69) is 21.5 Å². The molecule has 10 heteroatoms. The lowest BCUT2D eigenvalue weighted by atomic mass is 9.66. The number of aliphatic hydroxyl groups excluding tert-OH is 1. The molecule has 4 atom stereocenters. The minimum absolute atomic E-state index is 0.0542. The predicted octanol–water partition coefficient (Wildman–Crippen LogP) is 0.143. The van der Waals surface area contributed by atoms with Crippen LogP contribution in [0.3, 0.4) is 0 Å². The van der Waals surface area contributed by atoms with Crippen LogP contribution in [-0.2, 0) is 9.09 Å². The van der Waals surface area contributed by atoms with Crippen LogP contribution in [0, 0.1) is 11.8 Å². The zero-order chi connectivity index (χ0) is 15.9. The highest BCUT2D eigenvalue weighted by Crippen LogP contribution is 2.49. The first kappa shape index (κ1) is 15.1. The number of nitrogens with zero attached hydrogens (tertiary/aromatic N) is 4. The van der Waals surface area contributed by atoms with E-state index in [1.165, 1.54) is 6.33 Å². The zero-order valence-electron chi connectivity index (χ0n) is 11.6. The van der Waals surface area contributed by atoms with Crippen LogP contribution in [0.5, 0.6) is 0 Å². The third-order valence-electron chi connectivity index (χ3n) is 4.06. The minimum Gasteiger partial charge on any atom is -0.396 e. The van der Waals surface area contributed by atoms with Gasteiger partial charge in [-0.05, 0) is 5.57 Å². The Morgan fingerprint density at radius 3 is 2.91 bits per heavy atom. The molecular weight excluding hydrogens is 309 g/mol. The number of rotatable bonds is 5. The summed E-state index contributed by atoms with van der Waals surface area (Å²) in [5.74, 6) is -0.0943. The molecule has 1 aliphatic rings. The van der Waals surface area contributed by atoms with Crippen molar-refractivity contribution < 1.29 is 19.1 Å². The summed E-state index contributed by atoms with van der Waals surface area (Å²) >= 11 is 0. The fraction of sp³-hybridized carbons (Fsp3) is 0.417. The Hall–Kier alpha value is -1.80. The minimum atomic E-state index is -3.00. The molecule has 1 fully saturated rings. The Bertz CT molecular complexity index is 748. The van der Waals surface area contributed by atoms with Crippen molar-refractivity contribution in [3.05, 3.63) is 24.8 Å². The summed E-state index contributed by atoms with van der Waals surface area (Å²) in [4.78, 5) is 21.0. The number of imidazole rings is 1. The molecule has 0 spiro atoms. The van der Waals surface area contributed by atoms with Crippen LogP contribution in [0.15, 0.2) is 24.8 Å². The van der Waals surface area contributed by atoms with Gasteiger partial charge in [0.05, 0.1) is 19.0 Å². The van der Waals surface area contributed by atoms with Gasteiger partial charge >= 0.3 is 8.25 Å². The van der Waals surface area contributed by atoms with Gasteiger partial charge in [0, 0.05) is 18.4 Å². The van der Waals surface area contributed by atoms with Crippen LogP contribution >= 0.6 is 8.25 Å². The van der Waals surface area contributed by atoms with Crippen molar-refractivity contribution in [1.82, 2.24) is 19.5 Å². The molecule has 1 unspecified atom stereocenters. The van der Waals surface area contributed by atoms with Gasteiger partial charge in [-0.25, -0.2) is 15.0 Å². The summed E-state index contributed by atoms with van der Waals surface area (Å²) in [7, 11) is -3.00. The lowest BCUT2D eigenvalue weighted by molar-refractivity contribution is 0.0597. The highest BCUT2D eigenvalue weighted by molar-refractivity contribution is 7.32. The van der Waals surface area contributed by atoms with Gasteiger partial charge in [-0.2, -0.15) is 0 Å². The van der Waals surface area contributed by atoms with Crippen LogP contribution in [0.2, 0.25) is 0 Å². The first-order chi connectivity index (χ1) is 10.5. The van der Waals surface area contributed by atoms with E-state index in [9.17, 15) is 9.67 Å². The van der Waals surface area contributed by atoms with Gasteiger partial charge in [-0.15, -0.1) is 0 Å². The molecule has 9 nitrogen and oxygen atoms in total. The number of hydrogen-bond acceptors (Lipinski definition) is 7. The summed E-state index contributed by atoms with van der Waals surface area (Å²) in [5, 5.41) is 9.62. The summed E-state index contributed by atoms with van der Waals surface area (Å²) in [6.07, 6.45) is 2.93. The predicted molar refractivity (Wildman–Crippen MR) is 79.2 cm³/mol. The highest BCUT2D eigenvalue weighted by Gasteiger charge is 2.46. The first-order valence-electron chi connectivity index (χ1n) is 6.62. The number of nitrogen functional groups attached to an aromatic ring is 1. The van der Waals surface area contributed by atoms with E-state index in [0.717, 1.165) is 5.57 Å². The summed E-state index contributed by atoms with van der Waals surface area (Å²) in [5.41, 5.74) is 7.61. The van der Waals surface area contributed by atoms with Crippen molar-refractivity contribution in [2.45, 2.75) is 6.04 Å². The third-order valence-corrected chi connectivity index (χ3v) is 4.48. The number of aromatic nitrogens is 4. The monoisotopic (exact) mass is 325 g/mol. The molecule has 0 aromatic carbocycles. The Balaban J connectivity index is 1.89. The molecule has 2 heterocycles. The van der Waals surface area contributed by atoms with Crippen LogP contribution in [0.4, 0.5) is 5.82 Å². The van der Waals surface area contributed by atoms with E-state index in [-0.39, 0.29) is 36.9 Å². The van der Waals surface area contributed by atoms with Gasteiger partial charge in [-0.3, -0.25) is 4.57 Å². The Labute approximate surface area is 126 Å². The molecule has 0 radical (unpaired) electrons. The topological polar surface area (TPSA) is 136 Å². The number of fused-ring (bicyclic) bond motifs is 1. The van der Waals surface area contributed by atoms with E-state index in [1.807, 2.05) is 0 Å². The number of hydrogen-bond donors (Lipinski definition) is 3. The van der Waals surface area contributed by atoms with E-state index < -0.39 is 8.25 Å². The van der Waals surface area contributed by atoms with E-state index in [0.29, 0.717) is 11.2 Å². The lowest BCUT2D eigenvalue weighted by Gasteiger charge is -2.46. The Morgan fingerprint density at radius 1 is 1.45 bits per heavy atom. The molecule has 1 saturated carbocycles. The number of anilines is 1. The van der Waals surface area contributed by atoms with Gasteiger partial charge in [0.15, 0.2) is 11.5 Å². The third kappa shape index (κ3) is 2.32. The number of aliphatic hydroxyl groups is 1. The zero-order valence-corrected chi connectivity index (χ0v) is 12.6. The lowest BCUT2D eigenvalue weighted by Crippen LogP contribution is -2.44. The molecule has 0 aliphatic heterocycles. The molecule has 2 aromatic heterocycles. The SMILES string of the molecule is C=C1[C@@H](n2cnc3c(N)ncnc32)[C@H](CO)[C@H]1CO[PH](=O)O. The molecule has 22 heavy (non-hydrogen) atoms. The van der Waals surface area contributed by atoms with Gasteiger partial charge in [0.2, 0.25) is 0 Å². The average molecular weight is 325 g/mol. The second-order valence-electron chi connectivity index (χ2n) is 5.13. The molecule has 3 rings (SSSR count). The van der Waals surface area contributed by atoms with E-state index in [4.69, 9.17) is 15.2 Å². The summed E-state index contributed by atoms with van der Waals surface area (Å²) in [6.45, 7) is 3.95. The van der Waals surface area contributed by atoms with Crippen LogP contribution in [0.1, 0.15) is 6.04 Å². The first-order valence-corrected chi connectivity index (χ1v) is 7.89. The molecular formula is C12H16N5O4P. The molecule has 0 bridgehead atoms. The van der Waals surface area contributed by atoms with Crippen molar-refractivity contribution in [3.63, 3.8) is 0 Å². The van der Waals surface area contributed by atoms with E-state index in [1.54, 1.807) is 10.9 Å². The van der Waals surface area contributed by atoms with Crippen molar-refractivity contribution >= 4 is 25.2 Å². The van der Waals surface area contributed by atoms with E-state index >= 15 is 0 Å². The number of nitrogens with two attached hydrogens (primary N) is 1. The maximum atomic E-state index is 10.7. The maximum Gasteiger partial charge on any atom is 0.316 e. The summed E-state index contributed by atoms with van der Waals surface area (Å²) < 4.78 is 17.3. The molecule has 2 aromatic rings. The second kappa shape index (κ2) is 5.77. The smallest absolute Gasteiger partial charge is 0.316 e. The summed E-state index contributed by atoms with van der Waals surface area (Å²) in [6, 6.07) is -0.209. The quantitative estimate of drug-likeness (QED) is 0.522. The molecule has 0 amide bonds. The fourth-order valence-corrected chi connectivity index (χ4v) is 3.27. The largest absolute Gasteiger partial charge is 0.396 e. The van der Waals surface area contributed by atoms with Crippen molar-refractivity contribution in [1.29, 1.82) is 0 Å². The van der Waals surface area contributed by atoms with Crippen LogP contribution in [0.25, 0.3) is 11.2 Å². The van der Waals surface area contributed by atoms with Gasteiger partial charge in [0.1, 0.15) is 11.8 Å². The maximum absolute atomic E-state index is 10.7. The fourth-order valence-electron chi connectivity index (χ4n) is 2.95. The molecule has 118 valence electrons.